The molecule has 19 heavy (non-hydrogen) atoms. The van der Waals surface area contributed by atoms with Crippen LogP contribution in [0.4, 0.5) is 26.3 Å². The van der Waals surface area contributed by atoms with E-state index >= 15 is 0 Å². The van der Waals surface area contributed by atoms with E-state index in [1.165, 1.54) is 22.6 Å². The highest BCUT2D eigenvalue weighted by molar-refractivity contribution is 14.1. The fourth-order valence-electron chi connectivity index (χ4n) is 1.42. The van der Waals surface area contributed by atoms with Crippen molar-refractivity contribution in [2.24, 2.45) is 0 Å². The van der Waals surface area contributed by atoms with Gasteiger partial charge in [0.15, 0.2) is 23.3 Å². The van der Waals surface area contributed by atoms with Crippen LogP contribution in [0.5, 0.6) is 0 Å². The van der Waals surface area contributed by atoms with E-state index < -0.39 is 46.2 Å². The fraction of sp³-hybridized carbons (Fsp3) is 0. The third-order valence-electron chi connectivity index (χ3n) is 2.29. The lowest BCUT2D eigenvalue weighted by atomic mass is 10.1. The van der Waals surface area contributed by atoms with Crippen LogP contribution in [0.25, 0.3) is 11.1 Å². The number of nitrogens with zero attached hydrogens (tertiary/aromatic N) is 1. The average molecular weight is 389 g/mol. The summed E-state index contributed by atoms with van der Waals surface area (Å²) in [5.74, 6) is -11.3. The Morgan fingerprint density at radius 1 is 0.789 bits per heavy atom. The molecule has 0 N–H and O–H groups in total. The number of benzene rings is 1. The molecule has 0 aliphatic carbocycles. The molecule has 0 aliphatic rings. The highest BCUT2D eigenvalue weighted by Crippen LogP contribution is 2.31. The minimum Gasteiger partial charge on any atom is -0.227 e. The van der Waals surface area contributed by atoms with Crippen molar-refractivity contribution in [2.45, 2.75) is 0 Å². The minimum atomic E-state index is -2.25. The zero-order valence-electron chi connectivity index (χ0n) is 8.75. The number of aromatic nitrogens is 1. The first kappa shape index (κ1) is 14.1. The molecule has 0 unspecified atom stereocenters. The van der Waals surface area contributed by atoms with E-state index in [0.717, 1.165) is 6.07 Å². The van der Waals surface area contributed by atoms with Gasteiger partial charge in [-0.3, -0.25) is 0 Å². The molecule has 0 fully saturated rings. The molecule has 8 heteroatoms. The van der Waals surface area contributed by atoms with E-state index in [1.807, 2.05) is 0 Å². The monoisotopic (exact) mass is 389 g/mol. The second-order valence-corrected chi connectivity index (χ2v) is 4.60. The Hall–Kier alpha value is -1.32. The van der Waals surface area contributed by atoms with Gasteiger partial charge in [0.2, 0.25) is 11.8 Å². The van der Waals surface area contributed by atoms with Crippen molar-refractivity contribution in [3.8, 4) is 11.1 Å². The summed E-state index contributed by atoms with van der Waals surface area (Å²) in [6, 6.07) is 0.932. The summed E-state index contributed by atoms with van der Waals surface area (Å²) in [5.41, 5.74) is -1.54. The number of halogens is 7. The van der Waals surface area contributed by atoms with Crippen LogP contribution in [0.15, 0.2) is 12.3 Å². The lowest BCUT2D eigenvalue weighted by Gasteiger charge is -2.08. The molecule has 2 rings (SSSR count). The molecule has 0 atom stereocenters. The van der Waals surface area contributed by atoms with Gasteiger partial charge in [0.05, 0.1) is 9.13 Å². The SMILES string of the molecule is Fc1ncc(-c2c(F)c(F)c(F)c(F)c2F)cc1I. The maximum absolute atomic E-state index is 13.5. The fourth-order valence-corrected chi connectivity index (χ4v) is 1.89. The maximum Gasteiger partial charge on any atom is 0.226 e. The molecular formula is C11H2F6IN. The molecule has 0 bridgehead atoms. The van der Waals surface area contributed by atoms with Crippen molar-refractivity contribution in [3.63, 3.8) is 0 Å². The maximum atomic E-state index is 13.5. The molecule has 100 valence electrons. The predicted molar refractivity (Wildman–Crippen MR) is 62.1 cm³/mol. The van der Waals surface area contributed by atoms with Crippen LogP contribution in [0.1, 0.15) is 0 Å². The predicted octanol–water partition coefficient (Wildman–Crippen LogP) is 4.19. The summed E-state index contributed by atoms with van der Waals surface area (Å²) in [6.45, 7) is 0. The van der Waals surface area contributed by atoms with Gasteiger partial charge < -0.3 is 0 Å². The molecule has 0 saturated carbocycles. The standard InChI is InChI=1S/C11H2F6IN/c12-6-5(3-1-4(18)11(17)19-2-3)7(13)9(15)10(16)8(6)14/h1-2H. The van der Waals surface area contributed by atoms with Crippen LogP contribution in [-0.4, -0.2) is 4.98 Å². The van der Waals surface area contributed by atoms with E-state index in [0.29, 0.717) is 6.20 Å². The van der Waals surface area contributed by atoms with Crippen molar-refractivity contribution in [1.82, 2.24) is 4.98 Å². The van der Waals surface area contributed by atoms with Crippen molar-refractivity contribution >= 4 is 22.6 Å². The smallest absolute Gasteiger partial charge is 0.226 e. The van der Waals surface area contributed by atoms with Crippen LogP contribution in [0, 0.1) is 38.6 Å². The average Bonchev–Trinajstić information content (AvgIpc) is 2.38. The molecule has 2 aromatic rings. The summed E-state index contributed by atoms with van der Waals surface area (Å²) >= 11 is 1.48. The van der Waals surface area contributed by atoms with Gasteiger partial charge in [-0.05, 0) is 28.7 Å². The molecule has 1 aromatic heterocycles. The first-order chi connectivity index (χ1) is 8.84. The Bertz CT molecular complexity index is 644. The summed E-state index contributed by atoms with van der Waals surface area (Å²) in [4.78, 5) is 3.17. The normalized spacial score (nSPS) is 10.9. The highest BCUT2D eigenvalue weighted by Gasteiger charge is 2.27. The van der Waals surface area contributed by atoms with Crippen LogP contribution >= 0.6 is 22.6 Å². The summed E-state index contributed by atoms with van der Waals surface area (Å²) < 4.78 is 78.6. The number of rotatable bonds is 1. The van der Waals surface area contributed by atoms with Crippen LogP contribution in [0.2, 0.25) is 0 Å². The van der Waals surface area contributed by atoms with Crippen molar-refractivity contribution in [1.29, 1.82) is 0 Å². The molecule has 0 radical (unpaired) electrons. The zero-order valence-corrected chi connectivity index (χ0v) is 10.9. The van der Waals surface area contributed by atoms with Gasteiger partial charge in [-0.1, -0.05) is 0 Å². The van der Waals surface area contributed by atoms with Gasteiger partial charge in [-0.15, -0.1) is 0 Å². The van der Waals surface area contributed by atoms with E-state index in [4.69, 9.17) is 0 Å². The first-order valence-electron chi connectivity index (χ1n) is 4.67. The number of hydrogen-bond acceptors (Lipinski definition) is 1. The highest BCUT2D eigenvalue weighted by atomic mass is 127. The third kappa shape index (κ3) is 2.28. The minimum absolute atomic E-state index is 0.112. The summed E-state index contributed by atoms with van der Waals surface area (Å²) in [7, 11) is 0. The molecule has 1 aromatic carbocycles. The zero-order chi connectivity index (χ0) is 14.3. The van der Waals surface area contributed by atoms with Crippen LogP contribution < -0.4 is 0 Å². The Morgan fingerprint density at radius 2 is 1.26 bits per heavy atom. The number of pyridine rings is 1. The van der Waals surface area contributed by atoms with Crippen molar-refractivity contribution in [3.05, 3.63) is 50.9 Å². The van der Waals surface area contributed by atoms with Gasteiger partial charge in [-0.25, -0.2) is 26.9 Å². The van der Waals surface area contributed by atoms with Crippen molar-refractivity contribution < 1.29 is 26.3 Å². The topological polar surface area (TPSA) is 12.9 Å². The summed E-state index contributed by atoms with van der Waals surface area (Å²) in [5, 5.41) is 0. The van der Waals surface area contributed by atoms with E-state index in [9.17, 15) is 26.3 Å². The second-order valence-electron chi connectivity index (χ2n) is 3.44. The Balaban J connectivity index is 2.79. The Morgan fingerprint density at radius 3 is 1.74 bits per heavy atom. The largest absolute Gasteiger partial charge is 0.227 e. The Kier molecular flexibility index (Phi) is 3.70. The third-order valence-corrected chi connectivity index (χ3v) is 3.05. The van der Waals surface area contributed by atoms with Crippen molar-refractivity contribution in [2.75, 3.05) is 0 Å². The lowest BCUT2D eigenvalue weighted by Crippen LogP contribution is -2.04. The molecule has 0 amide bonds. The van der Waals surface area contributed by atoms with Gasteiger partial charge in [0.1, 0.15) is 0 Å². The van der Waals surface area contributed by atoms with Gasteiger partial charge in [-0.2, -0.15) is 4.39 Å². The van der Waals surface area contributed by atoms with E-state index in [-0.39, 0.29) is 3.57 Å². The van der Waals surface area contributed by atoms with Crippen LogP contribution in [-0.2, 0) is 0 Å². The molecule has 0 saturated heterocycles. The lowest BCUT2D eigenvalue weighted by molar-refractivity contribution is 0.381. The molecule has 0 aliphatic heterocycles. The van der Waals surface area contributed by atoms with Crippen LogP contribution in [0.3, 0.4) is 0 Å². The molecular weight excluding hydrogens is 387 g/mol. The Labute approximate surface area is 116 Å². The number of hydrogen-bond donors (Lipinski definition) is 0. The summed E-state index contributed by atoms with van der Waals surface area (Å²) in [6.07, 6.45) is 0.690. The molecule has 0 spiro atoms. The molecule has 1 heterocycles. The van der Waals surface area contributed by atoms with E-state index in [2.05, 4.69) is 4.98 Å². The van der Waals surface area contributed by atoms with E-state index in [1.54, 1.807) is 0 Å². The quantitative estimate of drug-likeness (QED) is 0.235. The first-order valence-corrected chi connectivity index (χ1v) is 5.75. The second kappa shape index (κ2) is 4.99. The van der Waals surface area contributed by atoms with Gasteiger partial charge >= 0.3 is 0 Å². The van der Waals surface area contributed by atoms with Gasteiger partial charge in [0.25, 0.3) is 0 Å². The van der Waals surface area contributed by atoms with Gasteiger partial charge in [0, 0.05) is 11.8 Å². The molecule has 1 nitrogen and oxygen atoms in total.